The first-order valence-corrected chi connectivity index (χ1v) is 11.6. The molecule has 3 rings (SSSR count). The van der Waals surface area contributed by atoms with Gasteiger partial charge in [0.05, 0.1) is 4.47 Å². The number of nitrogens with one attached hydrogen (secondary N) is 2. The average Bonchev–Trinajstić information content (AvgIpc) is 2.79. The van der Waals surface area contributed by atoms with E-state index in [1.165, 1.54) is 30.3 Å². The standard InChI is InChI=1S/C24H15Br2ClFN3O3/c25-16-10-14(9-15(12-29)24(33)31-20-7-3-18(28)4-8-20)23(21(26)11-16)34-13-22(32)30-19-5-1-17(27)2-6-19/h1-11H,13H2,(H,30,32)(H,31,33)/b15-9+. The first-order valence-electron chi connectivity index (χ1n) is 9.61. The summed E-state index contributed by atoms with van der Waals surface area (Å²) in [5, 5.41) is 15.3. The van der Waals surface area contributed by atoms with Gasteiger partial charge >= 0.3 is 0 Å². The number of hydrogen-bond acceptors (Lipinski definition) is 4. The highest BCUT2D eigenvalue weighted by molar-refractivity contribution is 9.11. The third kappa shape index (κ3) is 7.15. The van der Waals surface area contributed by atoms with Crippen LogP contribution in [0, 0.1) is 17.1 Å². The molecule has 2 amide bonds. The SMILES string of the molecule is N#C/C(=C\c1cc(Br)cc(Br)c1OCC(=O)Nc1ccc(Cl)cc1)C(=O)Nc1ccc(F)cc1. The van der Waals surface area contributed by atoms with E-state index in [1.807, 2.05) is 6.07 Å². The zero-order valence-electron chi connectivity index (χ0n) is 17.2. The zero-order valence-corrected chi connectivity index (χ0v) is 21.2. The van der Waals surface area contributed by atoms with Crippen molar-refractivity contribution < 1.29 is 18.7 Å². The largest absolute Gasteiger partial charge is 0.482 e. The number of carbonyl (C=O) groups excluding carboxylic acids is 2. The van der Waals surface area contributed by atoms with E-state index in [4.69, 9.17) is 16.3 Å². The van der Waals surface area contributed by atoms with Crippen molar-refractivity contribution in [2.45, 2.75) is 0 Å². The van der Waals surface area contributed by atoms with Gasteiger partial charge in [-0.2, -0.15) is 5.26 Å². The lowest BCUT2D eigenvalue weighted by molar-refractivity contribution is -0.118. The number of halogens is 4. The predicted molar refractivity (Wildman–Crippen MR) is 136 cm³/mol. The monoisotopic (exact) mass is 605 g/mol. The second kappa shape index (κ2) is 11.8. The van der Waals surface area contributed by atoms with Crippen LogP contribution in [0.3, 0.4) is 0 Å². The molecular weight excluding hydrogens is 593 g/mol. The summed E-state index contributed by atoms with van der Waals surface area (Å²) < 4.78 is 20.0. The molecular formula is C24H15Br2ClFN3O3. The molecule has 10 heteroatoms. The van der Waals surface area contributed by atoms with E-state index in [9.17, 15) is 19.2 Å². The van der Waals surface area contributed by atoms with Gasteiger partial charge in [0.1, 0.15) is 23.2 Å². The van der Waals surface area contributed by atoms with Gasteiger partial charge in [0.15, 0.2) is 6.61 Å². The van der Waals surface area contributed by atoms with E-state index in [1.54, 1.807) is 36.4 Å². The van der Waals surface area contributed by atoms with Crippen molar-refractivity contribution in [3.63, 3.8) is 0 Å². The van der Waals surface area contributed by atoms with Crippen LogP contribution in [0.5, 0.6) is 5.75 Å². The summed E-state index contributed by atoms with van der Waals surface area (Å²) in [5.74, 6) is -1.29. The highest BCUT2D eigenvalue weighted by atomic mass is 79.9. The lowest BCUT2D eigenvalue weighted by Crippen LogP contribution is -2.20. The summed E-state index contributed by atoms with van der Waals surface area (Å²) >= 11 is 12.6. The molecule has 3 aromatic rings. The number of ether oxygens (including phenoxy) is 1. The van der Waals surface area contributed by atoms with E-state index in [0.717, 1.165) is 0 Å². The molecule has 0 bridgehead atoms. The summed E-state index contributed by atoms with van der Waals surface area (Å²) in [5.41, 5.74) is 1.05. The molecule has 0 aliphatic rings. The maximum atomic E-state index is 13.1. The van der Waals surface area contributed by atoms with Gasteiger partial charge in [0.2, 0.25) is 0 Å². The molecule has 34 heavy (non-hydrogen) atoms. The molecule has 0 unspecified atom stereocenters. The predicted octanol–water partition coefficient (Wildman–Crippen LogP) is 6.57. The molecule has 2 N–H and O–H groups in total. The van der Waals surface area contributed by atoms with Gasteiger partial charge in [-0.1, -0.05) is 27.5 Å². The number of hydrogen-bond donors (Lipinski definition) is 2. The maximum Gasteiger partial charge on any atom is 0.266 e. The summed E-state index contributed by atoms with van der Waals surface area (Å²) in [6.45, 7) is -0.326. The molecule has 0 aliphatic carbocycles. The molecule has 0 saturated carbocycles. The number of anilines is 2. The fourth-order valence-electron chi connectivity index (χ4n) is 2.74. The molecule has 0 heterocycles. The van der Waals surface area contributed by atoms with E-state index in [2.05, 4.69) is 42.5 Å². The van der Waals surface area contributed by atoms with E-state index in [-0.39, 0.29) is 17.9 Å². The topological polar surface area (TPSA) is 91.2 Å². The second-order valence-corrected chi connectivity index (χ2v) is 8.99. The molecule has 0 aliphatic heterocycles. The average molecular weight is 608 g/mol. The van der Waals surface area contributed by atoms with Crippen LogP contribution in [0.1, 0.15) is 5.56 Å². The van der Waals surface area contributed by atoms with Gasteiger partial charge in [0, 0.05) is 26.4 Å². The third-order valence-corrected chi connectivity index (χ3v) is 5.58. The van der Waals surface area contributed by atoms with Gasteiger partial charge in [-0.05, 0) is 82.7 Å². The Bertz CT molecular complexity index is 1290. The normalized spacial score (nSPS) is 10.9. The van der Waals surface area contributed by atoms with Gasteiger partial charge in [-0.15, -0.1) is 0 Å². The molecule has 0 fully saturated rings. The van der Waals surface area contributed by atoms with Crippen LogP contribution in [0.2, 0.25) is 5.02 Å². The summed E-state index contributed by atoms with van der Waals surface area (Å²) in [6.07, 6.45) is 1.33. The molecule has 0 atom stereocenters. The van der Waals surface area contributed by atoms with E-state index in [0.29, 0.717) is 30.9 Å². The van der Waals surface area contributed by atoms with Crippen molar-refractivity contribution >= 4 is 72.7 Å². The highest BCUT2D eigenvalue weighted by Gasteiger charge is 2.15. The molecule has 6 nitrogen and oxygen atoms in total. The van der Waals surface area contributed by atoms with Crippen molar-refractivity contribution in [2.24, 2.45) is 0 Å². The Kier molecular flexibility index (Phi) is 8.82. The van der Waals surface area contributed by atoms with Crippen molar-refractivity contribution in [1.29, 1.82) is 5.26 Å². The van der Waals surface area contributed by atoms with Crippen molar-refractivity contribution in [3.8, 4) is 11.8 Å². The molecule has 0 spiro atoms. The van der Waals surface area contributed by atoms with Crippen LogP contribution >= 0.6 is 43.5 Å². The number of benzene rings is 3. The van der Waals surface area contributed by atoms with Gasteiger partial charge in [-0.25, -0.2) is 4.39 Å². The molecule has 0 aromatic heterocycles. The van der Waals surface area contributed by atoms with Crippen LogP contribution in [0.15, 0.2) is 75.2 Å². The number of amides is 2. The van der Waals surface area contributed by atoms with Gasteiger partial charge in [-0.3, -0.25) is 9.59 Å². The summed E-state index contributed by atoms with van der Waals surface area (Å²) in [7, 11) is 0. The first kappa shape index (κ1) is 25.4. The van der Waals surface area contributed by atoms with Crippen molar-refractivity contribution in [2.75, 3.05) is 17.2 Å². The lowest BCUT2D eigenvalue weighted by Gasteiger charge is -2.13. The minimum atomic E-state index is -0.684. The first-order chi connectivity index (χ1) is 16.2. The molecule has 0 radical (unpaired) electrons. The summed E-state index contributed by atoms with van der Waals surface area (Å²) in [4.78, 5) is 24.9. The minimum absolute atomic E-state index is 0.218. The summed E-state index contributed by atoms with van der Waals surface area (Å²) in [6, 6.07) is 16.9. The Hall–Kier alpha value is -3.19. The molecule has 172 valence electrons. The molecule has 0 saturated heterocycles. The maximum absolute atomic E-state index is 13.1. The Morgan fingerprint density at radius 1 is 1.03 bits per heavy atom. The Balaban J connectivity index is 1.79. The fraction of sp³-hybridized carbons (Fsp3) is 0.0417. The zero-order chi connectivity index (χ0) is 24.7. The van der Waals surface area contributed by atoms with Crippen LogP contribution in [-0.2, 0) is 9.59 Å². The minimum Gasteiger partial charge on any atom is -0.482 e. The molecule has 3 aromatic carbocycles. The van der Waals surface area contributed by atoms with E-state index >= 15 is 0 Å². The van der Waals surface area contributed by atoms with Gasteiger partial charge in [0.25, 0.3) is 11.8 Å². The van der Waals surface area contributed by atoms with Crippen LogP contribution in [0.25, 0.3) is 6.08 Å². The quantitative estimate of drug-likeness (QED) is 0.235. The van der Waals surface area contributed by atoms with Crippen LogP contribution in [-0.4, -0.2) is 18.4 Å². The number of rotatable bonds is 7. The number of nitrogens with zero attached hydrogens (tertiary/aromatic N) is 1. The van der Waals surface area contributed by atoms with E-state index < -0.39 is 17.6 Å². The van der Waals surface area contributed by atoms with Crippen molar-refractivity contribution in [3.05, 3.63) is 91.6 Å². The van der Waals surface area contributed by atoms with Gasteiger partial charge < -0.3 is 15.4 Å². The fourth-order valence-corrected chi connectivity index (χ4v) is 4.24. The van der Waals surface area contributed by atoms with Crippen LogP contribution < -0.4 is 15.4 Å². The Morgan fingerprint density at radius 3 is 2.29 bits per heavy atom. The second-order valence-electron chi connectivity index (χ2n) is 6.78. The smallest absolute Gasteiger partial charge is 0.266 e. The Morgan fingerprint density at radius 2 is 1.65 bits per heavy atom. The third-order valence-electron chi connectivity index (χ3n) is 4.28. The van der Waals surface area contributed by atoms with Crippen LogP contribution in [0.4, 0.5) is 15.8 Å². The number of nitriles is 1. The van der Waals surface area contributed by atoms with Crippen molar-refractivity contribution in [1.82, 2.24) is 0 Å². The highest BCUT2D eigenvalue weighted by Crippen LogP contribution is 2.34. The Labute approximate surface area is 216 Å². The lowest BCUT2D eigenvalue weighted by atomic mass is 10.1. The number of carbonyl (C=O) groups is 2.